The van der Waals surface area contributed by atoms with Gasteiger partial charge >= 0.3 is 0 Å². The summed E-state index contributed by atoms with van der Waals surface area (Å²) in [4.78, 5) is 0.0104. The Morgan fingerprint density at radius 1 is 1.17 bits per heavy atom. The average molecular weight is 372 g/mol. The number of alkyl halides is 4. The van der Waals surface area contributed by atoms with Crippen molar-refractivity contribution in [3.63, 3.8) is 0 Å². The zero-order valence-corrected chi connectivity index (χ0v) is 13.3. The molecule has 0 heterocycles. The van der Waals surface area contributed by atoms with Gasteiger partial charge in [0, 0.05) is 10.9 Å². The fourth-order valence-corrected chi connectivity index (χ4v) is 3.67. The van der Waals surface area contributed by atoms with Crippen LogP contribution in [0.5, 0.6) is 0 Å². The molecule has 0 spiro atoms. The predicted molar refractivity (Wildman–Crippen MR) is 76.6 cm³/mol. The van der Waals surface area contributed by atoms with Crippen LogP contribution < -0.4 is 4.72 Å². The summed E-state index contributed by atoms with van der Waals surface area (Å²) in [6, 6.07) is 4.54. The molecule has 1 aromatic rings. The number of rotatable bonds is 4. The van der Waals surface area contributed by atoms with E-state index >= 15 is 0 Å². The van der Waals surface area contributed by atoms with E-state index in [4.69, 9.17) is 58.0 Å². The Morgan fingerprint density at radius 2 is 1.67 bits per heavy atom. The van der Waals surface area contributed by atoms with Gasteiger partial charge in [-0.3, -0.25) is 0 Å². The summed E-state index contributed by atoms with van der Waals surface area (Å²) < 4.78 is 24.3. The zero-order valence-electron chi connectivity index (χ0n) is 8.71. The second-order valence-electron chi connectivity index (χ2n) is 3.32. The molecule has 102 valence electrons. The minimum absolute atomic E-state index is 0.0104. The molecule has 1 unspecified atom stereocenters. The van der Waals surface area contributed by atoms with Crippen LogP contribution in [0.1, 0.15) is 0 Å². The lowest BCUT2D eigenvalue weighted by atomic mass is 10.4. The number of sulfonamides is 1. The van der Waals surface area contributed by atoms with E-state index in [0.29, 0.717) is 5.02 Å². The van der Waals surface area contributed by atoms with Gasteiger partial charge in [0.2, 0.25) is 13.8 Å². The van der Waals surface area contributed by atoms with E-state index in [2.05, 4.69) is 4.72 Å². The summed E-state index contributed by atoms with van der Waals surface area (Å²) in [5, 5.41) is 0.421. The molecule has 1 atom stereocenters. The number of nitrogens with one attached hydrogen (secondary N) is 1. The molecule has 3 nitrogen and oxygen atoms in total. The number of hydrogen-bond acceptors (Lipinski definition) is 2. The van der Waals surface area contributed by atoms with Crippen molar-refractivity contribution in [3.8, 4) is 0 Å². The van der Waals surface area contributed by atoms with Crippen molar-refractivity contribution >= 4 is 68.0 Å². The van der Waals surface area contributed by atoms with E-state index in [1.54, 1.807) is 0 Å². The van der Waals surface area contributed by atoms with Gasteiger partial charge in [0.05, 0.1) is 10.9 Å². The molecule has 0 bridgehead atoms. The average Bonchev–Trinajstić information content (AvgIpc) is 2.25. The Kier molecular flexibility index (Phi) is 5.87. The highest BCUT2D eigenvalue weighted by atomic mass is 35.6. The predicted octanol–water partition coefficient (Wildman–Crippen LogP) is 3.60. The van der Waals surface area contributed by atoms with E-state index in [9.17, 15) is 8.42 Å². The standard InChI is InChI=1S/C9H8Cl5NO2S/c10-5-8(9(12,13)14)15-18(16,17)7-3-1-6(11)2-4-7/h1-4,8,15H,5H2. The molecule has 0 aliphatic heterocycles. The van der Waals surface area contributed by atoms with Crippen LogP contribution in [0.25, 0.3) is 0 Å². The Labute approximate surface area is 130 Å². The van der Waals surface area contributed by atoms with Gasteiger partial charge in [-0.05, 0) is 24.3 Å². The van der Waals surface area contributed by atoms with Crippen LogP contribution in [0, 0.1) is 0 Å². The Morgan fingerprint density at radius 3 is 2.06 bits per heavy atom. The number of benzene rings is 1. The zero-order chi connectivity index (χ0) is 14.0. The highest BCUT2D eigenvalue weighted by molar-refractivity contribution is 7.89. The van der Waals surface area contributed by atoms with Crippen molar-refractivity contribution in [2.75, 3.05) is 5.88 Å². The molecule has 0 aliphatic carbocycles. The van der Waals surface area contributed by atoms with Crippen molar-refractivity contribution < 1.29 is 8.42 Å². The SMILES string of the molecule is O=S(=O)(NC(CCl)C(Cl)(Cl)Cl)c1ccc(Cl)cc1. The van der Waals surface area contributed by atoms with Crippen molar-refractivity contribution in [1.29, 1.82) is 0 Å². The summed E-state index contributed by atoms with van der Waals surface area (Å²) in [6.45, 7) is 0. The topological polar surface area (TPSA) is 46.2 Å². The lowest BCUT2D eigenvalue weighted by Gasteiger charge is -2.23. The molecule has 0 aliphatic rings. The van der Waals surface area contributed by atoms with Gasteiger partial charge in [-0.1, -0.05) is 46.4 Å². The van der Waals surface area contributed by atoms with Gasteiger partial charge in [-0.2, -0.15) is 0 Å². The Balaban J connectivity index is 2.98. The maximum absolute atomic E-state index is 12.0. The maximum atomic E-state index is 12.0. The summed E-state index contributed by atoms with van der Waals surface area (Å²) >= 11 is 28.1. The third-order valence-electron chi connectivity index (χ3n) is 1.97. The molecule has 1 rings (SSSR count). The van der Waals surface area contributed by atoms with Crippen molar-refractivity contribution in [1.82, 2.24) is 4.72 Å². The summed E-state index contributed by atoms with van der Waals surface area (Å²) in [6.07, 6.45) is 0. The largest absolute Gasteiger partial charge is 0.241 e. The third kappa shape index (κ3) is 4.60. The fraction of sp³-hybridized carbons (Fsp3) is 0.333. The van der Waals surface area contributed by atoms with Crippen LogP contribution >= 0.6 is 58.0 Å². The van der Waals surface area contributed by atoms with Crippen LogP contribution in [0.15, 0.2) is 29.2 Å². The van der Waals surface area contributed by atoms with Crippen LogP contribution in [-0.4, -0.2) is 24.1 Å². The van der Waals surface area contributed by atoms with Gasteiger partial charge in [-0.25, -0.2) is 13.1 Å². The minimum Gasteiger partial charge on any atom is -0.207 e. The van der Waals surface area contributed by atoms with Gasteiger partial charge < -0.3 is 0 Å². The fourth-order valence-electron chi connectivity index (χ4n) is 1.05. The monoisotopic (exact) mass is 369 g/mol. The molecule has 0 radical (unpaired) electrons. The van der Waals surface area contributed by atoms with Gasteiger partial charge in [0.15, 0.2) is 0 Å². The lowest BCUT2D eigenvalue weighted by Crippen LogP contribution is -2.44. The van der Waals surface area contributed by atoms with E-state index in [0.717, 1.165) is 0 Å². The van der Waals surface area contributed by atoms with Crippen LogP contribution in [0.3, 0.4) is 0 Å². The first-order valence-corrected chi connectivity index (χ1v) is 8.10. The van der Waals surface area contributed by atoms with Crippen molar-refractivity contribution in [2.45, 2.75) is 14.7 Å². The van der Waals surface area contributed by atoms with Crippen molar-refractivity contribution in [3.05, 3.63) is 29.3 Å². The molecule has 1 N–H and O–H groups in total. The molecule has 0 amide bonds. The van der Waals surface area contributed by atoms with Gasteiger partial charge in [0.25, 0.3) is 0 Å². The molecular formula is C9H8Cl5NO2S. The normalized spacial score (nSPS) is 14.5. The molecule has 0 aromatic heterocycles. The molecule has 1 aromatic carbocycles. The summed E-state index contributed by atoms with van der Waals surface area (Å²) in [7, 11) is -3.82. The molecule has 18 heavy (non-hydrogen) atoms. The molecule has 9 heteroatoms. The van der Waals surface area contributed by atoms with Gasteiger partial charge in [0.1, 0.15) is 0 Å². The lowest BCUT2D eigenvalue weighted by molar-refractivity contribution is 0.564. The third-order valence-corrected chi connectivity index (χ3v) is 4.81. The highest BCUT2D eigenvalue weighted by Crippen LogP contribution is 2.31. The molecular weight excluding hydrogens is 363 g/mol. The van der Waals surface area contributed by atoms with Crippen molar-refractivity contribution in [2.24, 2.45) is 0 Å². The van der Waals surface area contributed by atoms with Gasteiger partial charge in [-0.15, -0.1) is 11.6 Å². The smallest absolute Gasteiger partial charge is 0.207 e. The van der Waals surface area contributed by atoms with Crippen LogP contribution in [0.4, 0.5) is 0 Å². The van der Waals surface area contributed by atoms with E-state index < -0.39 is 19.9 Å². The molecule has 0 fully saturated rings. The first-order valence-electron chi connectivity index (χ1n) is 4.57. The van der Waals surface area contributed by atoms with Crippen LogP contribution in [0.2, 0.25) is 5.02 Å². The first kappa shape index (κ1) is 16.6. The first-order chi connectivity index (χ1) is 8.16. The molecule has 0 saturated heterocycles. The van der Waals surface area contributed by atoms with E-state index in [-0.39, 0.29) is 10.8 Å². The number of halogens is 5. The Bertz CT molecular complexity index is 497. The second kappa shape index (κ2) is 6.35. The van der Waals surface area contributed by atoms with E-state index in [1.165, 1.54) is 24.3 Å². The second-order valence-corrected chi connectivity index (χ2v) is 8.15. The highest BCUT2D eigenvalue weighted by Gasteiger charge is 2.35. The van der Waals surface area contributed by atoms with Crippen LogP contribution in [-0.2, 0) is 10.0 Å². The Hall–Kier alpha value is 0.580. The van der Waals surface area contributed by atoms with E-state index in [1.807, 2.05) is 0 Å². The molecule has 0 saturated carbocycles. The summed E-state index contributed by atoms with van der Waals surface area (Å²) in [5.74, 6) is -0.177. The number of hydrogen-bond donors (Lipinski definition) is 1. The maximum Gasteiger partial charge on any atom is 0.241 e. The summed E-state index contributed by atoms with van der Waals surface area (Å²) in [5.41, 5.74) is 0. The minimum atomic E-state index is -3.82. The quantitative estimate of drug-likeness (QED) is 0.822.